The van der Waals surface area contributed by atoms with Crippen molar-refractivity contribution in [2.45, 2.75) is 0 Å². The van der Waals surface area contributed by atoms with E-state index in [1.165, 1.54) is 0 Å². The minimum atomic E-state index is 0. The van der Waals surface area contributed by atoms with E-state index in [1.54, 1.807) is 10.9 Å². The van der Waals surface area contributed by atoms with Gasteiger partial charge in [-0.25, -0.2) is 0 Å². The first-order chi connectivity index (χ1) is 4.54. The SMILES string of the molecule is [Cu+].[Cu+].[NH-]NC(N)=S.[NH-]NC(N)=S. The summed E-state index contributed by atoms with van der Waals surface area (Å²) in [4.78, 5) is 0. The molecule has 0 rings (SSSR count). The molecule has 0 aliphatic rings. The summed E-state index contributed by atoms with van der Waals surface area (Å²) in [5.74, 6) is 12.3. The Hall–Kier alpha value is 0.339. The standard InChI is InChI=1S/2CH4N3S.2Cu/c2*2-1(5)4-3;;/h2*3H,(H3,2,4,5);;/q2*-1;2*+1. The van der Waals surface area contributed by atoms with Crippen molar-refractivity contribution in [1.29, 1.82) is 0 Å². The van der Waals surface area contributed by atoms with E-state index in [9.17, 15) is 0 Å². The number of hydrogen-bond acceptors (Lipinski definition) is 2. The maximum atomic E-state index is 6.14. The minimum Gasteiger partial charge on any atom is -0.584 e. The molecule has 0 atom stereocenters. The summed E-state index contributed by atoms with van der Waals surface area (Å²) in [6, 6.07) is 0. The molecule has 12 heavy (non-hydrogen) atoms. The molecule has 0 aromatic carbocycles. The van der Waals surface area contributed by atoms with Gasteiger partial charge < -0.3 is 34.0 Å². The van der Waals surface area contributed by atoms with Gasteiger partial charge in [0.25, 0.3) is 0 Å². The third-order valence-corrected chi connectivity index (χ3v) is 0.451. The van der Waals surface area contributed by atoms with E-state index in [1.807, 2.05) is 0 Å². The molecule has 0 bridgehead atoms. The second kappa shape index (κ2) is 17.4. The normalized spacial score (nSPS) is 5.50. The average Bonchev–Trinajstić information content (AvgIpc) is 1.89. The first kappa shape index (κ1) is 22.8. The fraction of sp³-hybridized carbons (Fsp3) is 0. The zero-order valence-corrected chi connectivity index (χ0v) is 9.09. The summed E-state index contributed by atoms with van der Waals surface area (Å²) in [5, 5.41) is 0.00926. The Morgan fingerprint density at radius 1 is 0.917 bits per heavy atom. The minimum absolute atomic E-state index is 0. The van der Waals surface area contributed by atoms with Gasteiger partial charge >= 0.3 is 34.1 Å². The van der Waals surface area contributed by atoms with Crippen molar-refractivity contribution in [2.24, 2.45) is 11.5 Å². The van der Waals surface area contributed by atoms with Crippen LogP contribution in [-0.2, 0) is 34.1 Å². The monoisotopic (exact) mass is 306 g/mol. The molecule has 0 radical (unpaired) electrons. The fourth-order valence-electron chi connectivity index (χ4n) is 0. The number of thiocarbonyl (C=S) groups is 2. The van der Waals surface area contributed by atoms with Crippen molar-refractivity contribution in [2.75, 3.05) is 0 Å². The van der Waals surface area contributed by atoms with E-state index in [4.69, 9.17) is 23.2 Å². The van der Waals surface area contributed by atoms with E-state index in [-0.39, 0.29) is 44.4 Å². The molecule has 0 spiro atoms. The van der Waals surface area contributed by atoms with E-state index in [0.29, 0.717) is 0 Å². The van der Waals surface area contributed by atoms with Crippen LogP contribution in [-0.4, -0.2) is 10.2 Å². The molecule has 0 saturated heterocycles. The predicted molar refractivity (Wildman–Crippen MR) is 48.5 cm³/mol. The number of nitrogens with one attached hydrogen (secondary N) is 4. The summed E-state index contributed by atoms with van der Waals surface area (Å²) in [5.41, 5.74) is 13.0. The molecule has 0 amide bonds. The van der Waals surface area contributed by atoms with Crippen LogP contribution in [0.25, 0.3) is 11.7 Å². The van der Waals surface area contributed by atoms with Crippen LogP contribution < -0.4 is 22.3 Å². The van der Waals surface area contributed by atoms with Crippen LogP contribution in [0.3, 0.4) is 0 Å². The number of rotatable bonds is 0. The molecular formula is C2H8Cu2N6S2. The van der Waals surface area contributed by atoms with Gasteiger partial charge in [-0.05, 0) is 24.4 Å². The Labute approximate surface area is 102 Å². The summed E-state index contributed by atoms with van der Waals surface area (Å²) < 4.78 is 0. The second-order valence-electron chi connectivity index (χ2n) is 0.979. The van der Waals surface area contributed by atoms with Gasteiger partial charge in [-0.2, -0.15) is 0 Å². The van der Waals surface area contributed by atoms with Gasteiger partial charge in [0.15, 0.2) is 0 Å². The van der Waals surface area contributed by atoms with E-state index < -0.39 is 0 Å². The largest absolute Gasteiger partial charge is 1.00 e. The van der Waals surface area contributed by atoms with Gasteiger partial charge in [-0.3, -0.25) is 0 Å². The van der Waals surface area contributed by atoms with Crippen LogP contribution in [0.4, 0.5) is 0 Å². The zero-order chi connectivity index (χ0) is 8.57. The molecular weight excluding hydrogens is 299 g/mol. The maximum Gasteiger partial charge on any atom is 1.00 e. The second-order valence-corrected chi connectivity index (χ2v) is 1.86. The van der Waals surface area contributed by atoms with Crippen molar-refractivity contribution in [3.63, 3.8) is 0 Å². The predicted octanol–water partition coefficient (Wildman–Crippen LogP) is -0.431. The quantitative estimate of drug-likeness (QED) is 0.273. The number of nitrogens with two attached hydrogens (primary N) is 2. The van der Waals surface area contributed by atoms with Crippen molar-refractivity contribution >= 4 is 34.7 Å². The average molecular weight is 307 g/mol. The van der Waals surface area contributed by atoms with Gasteiger partial charge in [0.05, 0.1) is 0 Å². The third kappa shape index (κ3) is 47.9. The Balaban J connectivity index is -0.0000000457. The fourth-order valence-corrected chi connectivity index (χ4v) is 0. The summed E-state index contributed by atoms with van der Waals surface area (Å²) in [7, 11) is 0. The molecule has 0 unspecified atom stereocenters. The molecule has 0 heterocycles. The van der Waals surface area contributed by atoms with Crippen molar-refractivity contribution < 1.29 is 34.1 Å². The van der Waals surface area contributed by atoms with Gasteiger partial charge in [0, 0.05) is 0 Å². The zero-order valence-electron chi connectivity index (χ0n) is 5.57. The van der Waals surface area contributed by atoms with E-state index in [2.05, 4.69) is 24.4 Å². The number of hydrogen-bond donors (Lipinski definition) is 4. The molecule has 10 heteroatoms. The Morgan fingerprint density at radius 3 is 1.00 bits per heavy atom. The van der Waals surface area contributed by atoms with Gasteiger partial charge in [0.1, 0.15) is 10.2 Å². The molecule has 8 N–H and O–H groups in total. The van der Waals surface area contributed by atoms with Crippen molar-refractivity contribution in [3.05, 3.63) is 11.7 Å². The maximum absolute atomic E-state index is 6.14. The van der Waals surface area contributed by atoms with Crippen LogP contribution in [0.1, 0.15) is 0 Å². The van der Waals surface area contributed by atoms with E-state index in [0.717, 1.165) is 0 Å². The van der Waals surface area contributed by atoms with Gasteiger partial charge in [-0.1, -0.05) is 0 Å². The van der Waals surface area contributed by atoms with Crippen LogP contribution in [0.2, 0.25) is 0 Å². The summed E-state index contributed by atoms with van der Waals surface area (Å²) in [6.07, 6.45) is 0. The van der Waals surface area contributed by atoms with Crippen molar-refractivity contribution in [3.8, 4) is 0 Å². The smallest absolute Gasteiger partial charge is 0.584 e. The topological polar surface area (TPSA) is 124 Å². The first-order valence-corrected chi connectivity index (χ1v) is 2.80. The Kier molecular flexibility index (Phi) is 33.1. The first-order valence-electron chi connectivity index (χ1n) is 1.99. The molecule has 0 aliphatic carbocycles. The Morgan fingerprint density at radius 2 is 1.00 bits per heavy atom. The molecule has 0 aromatic heterocycles. The van der Waals surface area contributed by atoms with Crippen LogP contribution in [0.5, 0.6) is 0 Å². The molecule has 0 aliphatic heterocycles. The van der Waals surface area contributed by atoms with Crippen LogP contribution >= 0.6 is 24.4 Å². The Bertz CT molecular complexity index is 106. The molecule has 0 aromatic rings. The summed E-state index contributed by atoms with van der Waals surface area (Å²) in [6.45, 7) is 0. The van der Waals surface area contributed by atoms with Gasteiger partial charge in [-0.15, -0.1) is 0 Å². The summed E-state index contributed by atoms with van der Waals surface area (Å²) >= 11 is 8.35. The molecule has 0 fully saturated rings. The van der Waals surface area contributed by atoms with Crippen LogP contribution in [0, 0.1) is 0 Å². The molecule has 80 valence electrons. The van der Waals surface area contributed by atoms with Gasteiger partial charge in [0.2, 0.25) is 0 Å². The molecule has 6 nitrogen and oxygen atoms in total. The van der Waals surface area contributed by atoms with E-state index >= 15 is 0 Å². The van der Waals surface area contributed by atoms with Crippen LogP contribution in [0.15, 0.2) is 0 Å². The van der Waals surface area contributed by atoms with Crippen molar-refractivity contribution in [1.82, 2.24) is 10.9 Å². The molecule has 0 saturated carbocycles. The third-order valence-electron chi connectivity index (χ3n) is 0.246.